The van der Waals surface area contributed by atoms with Gasteiger partial charge in [-0.3, -0.25) is 4.79 Å². The van der Waals surface area contributed by atoms with E-state index in [1.807, 2.05) is 37.4 Å². The Bertz CT molecular complexity index is 555. The van der Waals surface area contributed by atoms with Crippen molar-refractivity contribution in [1.29, 1.82) is 0 Å². The minimum Gasteiger partial charge on any atom is -0.494 e. The summed E-state index contributed by atoms with van der Waals surface area (Å²) in [7, 11) is 0. The van der Waals surface area contributed by atoms with Gasteiger partial charge in [-0.15, -0.1) is 0 Å². The normalized spacial score (nSPS) is 21.0. The van der Waals surface area contributed by atoms with Gasteiger partial charge >= 0.3 is 0 Å². The number of nitrogens with one attached hydrogen (secondary N) is 1. The molecule has 0 heterocycles. The van der Waals surface area contributed by atoms with Crippen LogP contribution in [0.25, 0.3) is 0 Å². The van der Waals surface area contributed by atoms with Crippen LogP contribution in [0.4, 0.5) is 5.69 Å². The zero-order valence-corrected chi connectivity index (χ0v) is 14.1. The molecular weight excluding hydrogens is 274 g/mol. The van der Waals surface area contributed by atoms with E-state index in [1.165, 1.54) is 0 Å². The van der Waals surface area contributed by atoms with Gasteiger partial charge < -0.3 is 10.1 Å². The Morgan fingerprint density at radius 2 is 2.14 bits per heavy atom. The molecule has 0 aliphatic heterocycles. The largest absolute Gasteiger partial charge is 0.494 e. The standard InChI is InChI=1S/C19H27NO2/c1-5-22-17-8-6-7-16(12-17)20-13-14-11-15(19(2,3)4)9-10-18(14)21/h6-8,12-13,15,20H,5,9-11H2,1-4H3/b14-13+/t15-/m1/s1. The SMILES string of the molecule is CCOc1cccc(N/C=C2\C[C@H](C(C)(C)C)CCC2=O)c1. The van der Waals surface area contributed by atoms with Gasteiger partial charge in [0.15, 0.2) is 5.78 Å². The number of hydrogen-bond donors (Lipinski definition) is 1. The highest BCUT2D eigenvalue weighted by Gasteiger charge is 2.31. The van der Waals surface area contributed by atoms with Crippen molar-refractivity contribution >= 4 is 11.5 Å². The van der Waals surface area contributed by atoms with Crippen LogP contribution < -0.4 is 10.1 Å². The van der Waals surface area contributed by atoms with Crippen LogP contribution in [0.3, 0.4) is 0 Å². The van der Waals surface area contributed by atoms with Crippen LogP contribution in [0.15, 0.2) is 36.0 Å². The van der Waals surface area contributed by atoms with Gasteiger partial charge in [0.1, 0.15) is 5.75 Å². The summed E-state index contributed by atoms with van der Waals surface area (Å²) in [6.07, 6.45) is 4.40. The minimum atomic E-state index is 0.245. The second-order valence-electron chi connectivity index (χ2n) is 7.00. The summed E-state index contributed by atoms with van der Waals surface area (Å²) in [4.78, 5) is 12.1. The zero-order chi connectivity index (χ0) is 16.2. The first-order chi connectivity index (χ1) is 10.4. The molecule has 2 rings (SSSR count). The number of carbonyl (C=O) groups is 1. The maximum absolute atomic E-state index is 12.1. The van der Waals surface area contributed by atoms with Gasteiger partial charge in [0.25, 0.3) is 0 Å². The smallest absolute Gasteiger partial charge is 0.160 e. The molecule has 0 amide bonds. The average molecular weight is 301 g/mol. The molecule has 0 bridgehead atoms. The van der Waals surface area contributed by atoms with Crippen LogP contribution in [0.1, 0.15) is 47.0 Å². The van der Waals surface area contributed by atoms with Crippen molar-refractivity contribution in [1.82, 2.24) is 0 Å². The quantitative estimate of drug-likeness (QED) is 0.812. The van der Waals surface area contributed by atoms with Gasteiger partial charge in [0.05, 0.1) is 6.61 Å². The summed E-state index contributed by atoms with van der Waals surface area (Å²) in [5, 5.41) is 3.25. The summed E-state index contributed by atoms with van der Waals surface area (Å²) < 4.78 is 5.49. The maximum Gasteiger partial charge on any atom is 0.160 e. The van der Waals surface area contributed by atoms with E-state index in [-0.39, 0.29) is 11.2 Å². The molecule has 3 heteroatoms. The predicted molar refractivity (Wildman–Crippen MR) is 91.1 cm³/mol. The van der Waals surface area contributed by atoms with E-state index in [9.17, 15) is 4.79 Å². The molecule has 22 heavy (non-hydrogen) atoms. The maximum atomic E-state index is 12.1. The van der Waals surface area contributed by atoms with E-state index in [4.69, 9.17) is 4.74 Å². The molecular formula is C19H27NO2. The Morgan fingerprint density at radius 3 is 2.82 bits per heavy atom. The Hall–Kier alpha value is -1.77. The molecule has 3 nitrogen and oxygen atoms in total. The summed E-state index contributed by atoms with van der Waals surface area (Å²) in [6, 6.07) is 7.82. The number of benzene rings is 1. The molecule has 1 saturated carbocycles. The fourth-order valence-electron chi connectivity index (χ4n) is 2.84. The van der Waals surface area contributed by atoms with E-state index in [2.05, 4.69) is 26.1 Å². The number of ketones is 1. The molecule has 1 aliphatic rings. The van der Waals surface area contributed by atoms with E-state index >= 15 is 0 Å². The van der Waals surface area contributed by atoms with Crippen molar-refractivity contribution in [3.63, 3.8) is 0 Å². The van der Waals surface area contributed by atoms with Crippen molar-refractivity contribution in [3.05, 3.63) is 36.0 Å². The Morgan fingerprint density at radius 1 is 1.36 bits per heavy atom. The van der Waals surface area contributed by atoms with Crippen LogP contribution in [-0.4, -0.2) is 12.4 Å². The Labute approximate surface area is 133 Å². The third-order valence-corrected chi connectivity index (χ3v) is 4.33. The fourth-order valence-corrected chi connectivity index (χ4v) is 2.84. The summed E-state index contributed by atoms with van der Waals surface area (Å²) >= 11 is 0. The lowest BCUT2D eigenvalue weighted by molar-refractivity contribution is -0.117. The number of hydrogen-bond acceptors (Lipinski definition) is 3. The van der Waals surface area contributed by atoms with E-state index in [0.29, 0.717) is 18.9 Å². The predicted octanol–water partition coefficient (Wildman–Crippen LogP) is 4.80. The van der Waals surface area contributed by atoms with E-state index in [0.717, 1.165) is 29.9 Å². The molecule has 0 spiro atoms. The molecule has 0 aromatic heterocycles. The van der Waals surface area contributed by atoms with Gasteiger partial charge in [0.2, 0.25) is 0 Å². The van der Waals surface area contributed by atoms with Crippen LogP contribution in [0, 0.1) is 11.3 Å². The second-order valence-corrected chi connectivity index (χ2v) is 7.00. The molecule has 0 unspecified atom stereocenters. The number of anilines is 1. The Kier molecular flexibility index (Phi) is 5.28. The lowest BCUT2D eigenvalue weighted by Crippen LogP contribution is -2.27. The molecule has 1 aromatic rings. The van der Waals surface area contributed by atoms with Crippen LogP contribution in [0.2, 0.25) is 0 Å². The Balaban J connectivity index is 2.07. The van der Waals surface area contributed by atoms with Crippen molar-refractivity contribution in [2.45, 2.75) is 47.0 Å². The first kappa shape index (κ1) is 16.6. The first-order valence-corrected chi connectivity index (χ1v) is 8.12. The highest BCUT2D eigenvalue weighted by Crippen LogP contribution is 2.38. The minimum absolute atomic E-state index is 0.245. The number of allylic oxidation sites excluding steroid dienone is 1. The van der Waals surface area contributed by atoms with Gasteiger partial charge in [-0.1, -0.05) is 26.8 Å². The lowest BCUT2D eigenvalue weighted by Gasteiger charge is -2.34. The fraction of sp³-hybridized carbons (Fsp3) is 0.526. The lowest BCUT2D eigenvalue weighted by atomic mass is 9.71. The molecule has 120 valence electrons. The number of rotatable bonds is 4. The monoisotopic (exact) mass is 301 g/mol. The third kappa shape index (κ3) is 4.36. The summed E-state index contributed by atoms with van der Waals surface area (Å²) in [5.41, 5.74) is 2.10. The molecule has 1 aliphatic carbocycles. The molecule has 1 aromatic carbocycles. The summed E-state index contributed by atoms with van der Waals surface area (Å²) in [6.45, 7) is 9.38. The van der Waals surface area contributed by atoms with Crippen molar-refractivity contribution in [2.24, 2.45) is 11.3 Å². The van der Waals surface area contributed by atoms with E-state index in [1.54, 1.807) is 0 Å². The molecule has 1 atom stereocenters. The van der Waals surface area contributed by atoms with Gasteiger partial charge in [-0.05, 0) is 43.2 Å². The molecule has 1 fully saturated rings. The molecule has 0 saturated heterocycles. The van der Waals surface area contributed by atoms with Crippen LogP contribution >= 0.6 is 0 Å². The molecule has 1 N–H and O–H groups in total. The van der Waals surface area contributed by atoms with Gasteiger partial charge in [-0.25, -0.2) is 0 Å². The molecule has 0 radical (unpaired) electrons. The number of ether oxygens (including phenoxy) is 1. The van der Waals surface area contributed by atoms with Crippen LogP contribution in [-0.2, 0) is 4.79 Å². The zero-order valence-electron chi connectivity index (χ0n) is 14.1. The number of Topliss-reactive ketones (excluding diaryl/α,β-unsaturated/α-hetero) is 1. The first-order valence-electron chi connectivity index (χ1n) is 8.12. The second kappa shape index (κ2) is 6.99. The number of carbonyl (C=O) groups excluding carboxylic acids is 1. The summed E-state index contributed by atoms with van der Waals surface area (Å²) in [5.74, 6) is 1.68. The van der Waals surface area contributed by atoms with Crippen molar-refractivity contribution in [3.8, 4) is 5.75 Å². The topological polar surface area (TPSA) is 38.3 Å². The highest BCUT2D eigenvalue weighted by molar-refractivity contribution is 5.96. The average Bonchev–Trinajstić information content (AvgIpc) is 2.46. The van der Waals surface area contributed by atoms with Gasteiger partial charge in [0, 0.05) is 29.9 Å². The highest BCUT2D eigenvalue weighted by atomic mass is 16.5. The van der Waals surface area contributed by atoms with E-state index < -0.39 is 0 Å². The van der Waals surface area contributed by atoms with Crippen molar-refractivity contribution in [2.75, 3.05) is 11.9 Å². The van der Waals surface area contributed by atoms with Crippen LogP contribution in [0.5, 0.6) is 5.75 Å². The third-order valence-electron chi connectivity index (χ3n) is 4.33. The van der Waals surface area contributed by atoms with Gasteiger partial charge in [-0.2, -0.15) is 0 Å². The van der Waals surface area contributed by atoms with Crippen molar-refractivity contribution < 1.29 is 9.53 Å².